The number of nitro groups is 1. The van der Waals surface area contributed by atoms with Gasteiger partial charge in [-0.1, -0.05) is 0 Å². The minimum absolute atomic E-state index is 0.0587. The Balaban J connectivity index is 2.23. The molecule has 0 aromatic heterocycles. The molecule has 62 valence electrons. The fourth-order valence-electron chi connectivity index (χ4n) is 2.80. The van der Waals surface area contributed by atoms with E-state index in [1.165, 1.54) is 6.42 Å². The van der Waals surface area contributed by atoms with Gasteiger partial charge >= 0.3 is 0 Å². The first-order valence-electron chi connectivity index (χ1n) is 4.27. The van der Waals surface area contributed by atoms with E-state index in [9.17, 15) is 10.1 Å². The van der Waals surface area contributed by atoms with Gasteiger partial charge in [0.1, 0.15) is 0 Å². The van der Waals surface area contributed by atoms with Crippen molar-refractivity contribution in [2.75, 3.05) is 0 Å². The highest BCUT2D eigenvalue weighted by molar-refractivity contribution is 4.98. The minimum atomic E-state index is -0.567. The summed E-state index contributed by atoms with van der Waals surface area (Å²) in [6.45, 7) is 1.82. The molecule has 2 aliphatic rings. The Morgan fingerprint density at radius 3 is 2.55 bits per heavy atom. The summed E-state index contributed by atoms with van der Waals surface area (Å²) in [5.74, 6) is 1.04. The molecular formula is C8H13NO2. The molecule has 3 nitrogen and oxygen atoms in total. The molecule has 0 N–H and O–H groups in total. The van der Waals surface area contributed by atoms with E-state index in [1.807, 2.05) is 6.92 Å². The summed E-state index contributed by atoms with van der Waals surface area (Å²) in [5.41, 5.74) is -0.567. The van der Waals surface area contributed by atoms with Crippen molar-refractivity contribution in [3.05, 3.63) is 10.1 Å². The molecule has 0 aromatic rings. The van der Waals surface area contributed by atoms with Crippen LogP contribution in [-0.2, 0) is 0 Å². The standard InChI is InChI=1S/C8H13NO2/c1-8(9(10)11)5-6-2-3-7(8)4-6/h6-7H,2-5H2,1H3/t6?,7?,8-/m1/s1. The van der Waals surface area contributed by atoms with Crippen molar-refractivity contribution in [2.24, 2.45) is 11.8 Å². The molecule has 2 rings (SSSR count). The third kappa shape index (κ3) is 0.798. The molecule has 2 bridgehead atoms. The van der Waals surface area contributed by atoms with Crippen LogP contribution in [0.3, 0.4) is 0 Å². The Bertz CT molecular complexity index is 204. The Labute approximate surface area is 65.9 Å². The Morgan fingerprint density at radius 2 is 2.27 bits per heavy atom. The maximum Gasteiger partial charge on any atom is 0.222 e. The summed E-state index contributed by atoms with van der Waals surface area (Å²) in [4.78, 5) is 10.7. The lowest BCUT2D eigenvalue weighted by atomic mass is 9.83. The maximum absolute atomic E-state index is 10.7. The van der Waals surface area contributed by atoms with Crippen molar-refractivity contribution in [1.29, 1.82) is 0 Å². The first kappa shape index (κ1) is 7.07. The van der Waals surface area contributed by atoms with Gasteiger partial charge in [0.2, 0.25) is 5.54 Å². The van der Waals surface area contributed by atoms with Crippen LogP contribution in [0.5, 0.6) is 0 Å². The quantitative estimate of drug-likeness (QED) is 0.428. The highest BCUT2D eigenvalue weighted by Gasteiger charge is 2.56. The third-order valence-corrected chi connectivity index (χ3v) is 3.54. The molecule has 3 heteroatoms. The highest BCUT2D eigenvalue weighted by Crippen LogP contribution is 2.51. The van der Waals surface area contributed by atoms with E-state index in [-0.39, 0.29) is 4.92 Å². The van der Waals surface area contributed by atoms with Gasteiger partial charge in [0.05, 0.1) is 0 Å². The Kier molecular flexibility index (Phi) is 1.26. The summed E-state index contributed by atoms with van der Waals surface area (Å²) < 4.78 is 0. The predicted molar refractivity (Wildman–Crippen MR) is 40.8 cm³/mol. The van der Waals surface area contributed by atoms with Gasteiger partial charge in [0.15, 0.2) is 0 Å². The highest BCUT2D eigenvalue weighted by atomic mass is 16.6. The maximum atomic E-state index is 10.7. The first-order chi connectivity index (χ1) is 5.13. The number of hydrogen-bond donors (Lipinski definition) is 0. The van der Waals surface area contributed by atoms with Crippen molar-refractivity contribution in [3.8, 4) is 0 Å². The average Bonchev–Trinajstić information content (AvgIpc) is 2.45. The molecular weight excluding hydrogens is 142 g/mol. The summed E-state index contributed by atoms with van der Waals surface area (Å²) in [7, 11) is 0. The topological polar surface area (TPSA) is 43.1 Å². The molecule has 2 aliphatic carbocycles. The van der Waals surface area contributed by atoms with Crippen LogP contribution in [0.2, 0.25) is 0 Å². The second kappa shape index (κ2) is 1.96. The number of hydrogen-bond acceptors (Lipinski definition) is 2. The van der Waals surface area contributed by atoms with Crippen LogP contribution in [0.4, 0.5) is 0 Å². The number of fused-ring (bicyclic) bond motifs is 2. The molecule has 0 saturated heterocycles. The summed E-state index contributed by atoms with van der Waals surface area (Å²) in [5, 5.41) is 10.7. The van der Waals surface area contributed by atoms with Gasteiger partial charge in [-0.3, -0.25) is 10.1 Å². The van der Waals surface area contributed by atoms with Crippen LogP contribution in [0, 0.1) is 22.0 Å². The van der Waals surface area contributed by atoms with Gasteiger partial charge in [-0.15, -0.1) is 0 Å². The zero-order valence-corrected chi connectivity index (χ0v) is 6.75. The molecule has 11 heavy (non-hydrogen) atoms. The summed E-state index contributed by atoms with van der Waals surface area (Å²) in [6, 6.07) is 0. The molecule has 0 heterocycles. The monoisotopic (exact) mass is 155 g/mol. The number of rotatable bonds is 1. The molecule has 2 unspecified atom stereocenters. The lowest BCUT2D eigenvalue weighted by molar-refractivity contribution is -0.574. The average molecular weight is 155 g/mol. The van der Waals surface area contributed by atoms with E-state index in [4.69, 9.17) is 0 Å². The van der Waals surface area contributed by atoms with Crippen molar-refractivity contribution in [3.63, 3.8) is 0 Å². The van der Waals surface area contributed by atoms with Gasteiger partial charge < -0.3 is 0 Å². The lowest BCUT2D eigenvalue weighted by Crippen LogP contribution is -2.40. The van der Waals surface area contributed by atoms with Crippen molar-refractivity contribution < 1.29 is 4.92 Å². The SMILES string of the molecule is C[C@@]1([N+](=O)[O-])CC2CCC1C2. The predicted octanol–water partition coefficient (Wildman–Crippen LogP) is 1.84. The molecule has 3 atom stereocenters. The smallest absolute Gasteiger partial charge is 0.222 e. The molecule has 0 spiro atoms. The van der Waals surface area contributed by atoms with Crippen LogP contribution in [0.15, 0.2) is 0 Å². The first-order valence-corrected chi connectivity index (χ1v) is 4.27. The molecule has 0 aromatic carbocycles. The largest absolute Gasteiger partial charge is 0.264 e. The molecule has 2 fully saturated rings. The molecule has 0 aliphatic heterocycles. The van der Waals surface area contributed by atoms with Gasteiger partial charge in [-0.05, 0) is 25.2 Å². The van der Waals surface area contributed by atoms with E-state index in [1.54, 1.807) is 0 Å². The third-order valence-electron chi connectivity index (χ3n) is 3.54. The van der Waals surface area contributed by atoms with E-state index in [0.717, 1.165) is 19.3 Å². The van der Waals surface area contributed by atoms with Gasteiger partial charge in [-0.25, -0.2) is 0 Å². The van der Waals surface area contributed by atoms with Crippen LogP contribution >= 0.6 is 0 Å². The normalized spacial score (nSPS) is 48.1. The molecule has 2 saturated carbocycles. The Hall–Kier alpha value is -0.600. The zero-order valence-electron chi connectivity index (χ0n) is 6.75. The van der Waals surface area contributed by atoms with Crippen molar-refractivity contribution in [2.45, 2.75) is 38.1 Å². The van der Waals surface area contributed by atoms with Gasteiger partial charge in [-0.2, -0.15) is 0 Å². The second-order valence-electron chi connectivity index (χ2n) is 4.19. The van der Waals surface area contributed by atoms with E-state index in [0.29, 0.717) is 11.8 Å². The fraction of sp³-hybridized carbons (Fsp3) is 1.00. The fourth-order valence-corrected chi connectivity index (χ4v) is 2.80. The van der Waals surface area contributed by atoms with Crippen LogP contribution in [-0.4, -0.2) is 10.5 Å². The van der Waals surface area contributed by atoms with Gasteiger partial charge in [0, 0.05) is 24.2 Å². The van der Waals surface area contributed by atoms with E-state index < -0.39 is 5.54 Å². The Morgan fingerprint density at radius 1 is 1.55 bits per heavy atom. The second-order valence-corrected chi connectivity index (χ2v) is 4.19. The van der Waals surface area contributed by atoms with Crippen LogP contribution in [0.1, 0.15) is 32.6 Å². The lowest BCUT2D eigenvalue weighted by Gasteiger charge is -2.24. The van der Waals surface area contributed by atoms with E-state index in [2.05, 4.69) is 0 Å². The van der Waals surface area contributed by atoms with Crippen molar-refractivity contribution >= 4 is 0 Å². The molecule has 0 amide bonds. The van der Waals surface area contributed by atoms with Crippen LogP contribution < -0.4 is 0 Å². The molecule has 0 radical (unpaired) electrons. The van der Waals surface area contributed by atoms with Crippen molar-refractivity contribution in [1.82, 2.24) is 0 Å². The van der Waals surface area contributed by atoms with Crippen LogP contribution in [0.25, 0.3) is 0 Å². The summed E-state index contributed by atoms with van der Waals surface area (Å²) >= 11 is 0. The van der Waals surface area contributed by atoms with E-state index >= 15 is 0 Å². The zero-order chi connectivity index (χ0) is 8.06. The number of nitrogens with zero attached hydrogens (tertiary/aromatic N) is 1. The minimum Gasteiger partial charge on any atom is -0.264 e. The summed E-state index contributed by atoms with van der Waals surface area (Å²) in [6.07, 6.45) is 4.25. The van der Waals surface area contributed by atoms with Gasteiger partial charge in [0.25, 0.3) is 0 Å².